The van der Waals surface area contributed by atoms with Crippen molar-refractivity contribution >= 4 is 0 Å². The predicted octanol–water partition coefficient (Wildman–Crippen LogP) is 3.20. The first-order valence-corrected chi connectivity index (χ1v) is 4.40. The van der Waals surface area contributed by atoms with Crippen molar-refractivity contribution < 1.29 is 4.74 Å². The fourth-order valence-corrected chi connectivity index (χ4v) is 1.40. The summed E-state index contributed by atoms with van der Waals surface area (Å²) in [7, 11) is 0. The van der Waals surface area contributed by atoms with Crippen molar-refractivity contribution in [2.24, 2.45) is 0 Å². The molecule has 0 radical (unpaired) electrons. The highest BCUT2D eigenvalue weighted by Gasteiger charge is 2.11. The summed E-state index contributed by atoms with van der Waals surface area (Å²) in [6.07, 6.45) is 6.40. The normalized spacial score (nSPS) is 18.2. The van der Waals surface area contributed by atoms with Crippen LogP contribution >= 0.6 is 0 Å². The van der Waals surface area contributed by atoms with Gasteiger partial charge in [-0.25, -0.2) is 0 Å². The summed E-state index contributed by atoms with van der Waals surface area (Å²) in [5, 5.41) is 0. The minimum atomic E-state index is 0.837. The quantitative estimate of drug-likeness (QED) is 0.609. The molecule has 0 aromatic carbocycles. The fourth-order valence-electron chi connectivity index (χ4n) is 1.40. The van der Waals surface area contributed by atoms with Crippen molar-refractivity contribution in [3.05, 3.63) is 35.6 Å². The average molecular weight is 164 g/mol. The maximum absolute atomic E-state index is 5.53. The molecule has 1 nitrogen and oxygen atoms in total. The summed E-state index contributed by atoms with van der Waals surface area (Å²) in [5.74, 6) is 0.999. The maximum atomic E-state index is 5.53. The maximum Gasteiger partial charge on any atom is 0.124 e. The van der Waals surface area contributed by atoms with E-state index in [9.17, 15) is 0 Å². The van der Waals surface area contributed by atoms with E-state index < -0.39 is 0 Å². The minimum Gasteiger partial charge on any atom is -0.493 e. The fraction of sp³-hybridized carbons (Fsp3) is 0.455. The SMILES string of the molecule is C=C(C)C1=C(/C=C\C)CCCO1. The Morgan fingerprint density at radius 2 is 2.33 bits per heavy atom. The molecule has 0 aromatic rings. The summed E-state index contributed by atoms with van der Waals surface area (Å²) in [5.41, 5.74) is 2.32. The van der Waals surface area contributed by atoms with Crippen LogP contribution in [0.15, 0.2) is 35.6 Å². The van der Waals surface area contributed by atoms with Gasteiger partial charge in [0, 0.05) is 0 Å². The van der Waals surface area contributed by atoms with E-state index in [4.69, 9.17) is 4.74 Å². The molecule has 0 amide bonds. The van der Waals surface area contributed by atoms with Gasteiger partial charge in [0.25, 0.3) is 0 Å². The standard InChI is InChI=1S/C11H16O/c1-4-6-10-7-5-8-12-11(10)9(2)3/h4,6H,2,5,7-8H2,1,3H3/b6-4-. The van der Waals surface area contributed by atoms with Crippen LogP contribution < -0.4 is 0 Å². The van der Waals surface area contributed by atoms with E-state index in [1.165, 1.54) is 5.57 Å². The second kappa shape index (κ2) is 4.15. The summed E-state index contributed by atoms with van der Waals surface area (Å²) >= 11 is 0. The molecule has 1 heteroatoms. The average Bonchev–Trinajstić information content (AvgIpc) is 2.05. The highest BCUT2D eigenvalue weighted by atomic mass is 16.5. The van der Waals surface area contributed by atoms with Gasteiger partial charge >= 0.3 is 0 Å². The summed E-state index contributed by atoms with van der Waals surface area (Å²) in [4.78, 5) is 0. The van der Waals surface area contributed by atoms with Crippen molar-refractivity contribution in [2.45, 2.75) is 26.7 Å². The van der Waals surface area contributed by atoms with Gasteiger partial charge in [-0.2, -0.15) is 0 Å². The summed E-state index contributed by atoms with van der Waals surface area (Å²) in [6.45, 7) is 8.75. The van der Waals surface area contributed by atoms with Gasteiger partial charge in [-0.1, -0.05) is 18.7 Å². The highest BCUT2D eigenvalue weighted by molar-refractivity contribution is 5.34. The van der Waals surface area contributed by atoms with Gasteiger partial charge in [0.05, 0.1) is 6.61 Å². The molecule has 0 saturated heterocycles. The first-order valence-electron chi connectivity index (χ1n) is 4.40. The molecule has 1 heterocycles. The lowest BCUT2D eigenvalue weighted by molar-refractivity contribution is 0.197. The van der Waals surface area contributed by atoms with Crippen molar-refractivity contribution in [3.8, 4) is 0 Å². The topological polar surface area (TPSA) is 9.23 Å². The third kappa shape index (κ3) is 2.00. The molecular formula is C11H16O. The number of hydrogen-bond acceptors (Lipinski definition) is 1. The van der Waals surface area contributed by atoms with Crippen molar-refractivity contribution in [3.63, 3.8) is 0 Å². The van der Waals surface area contributed by atoms with E-state index in [0.717, 1.165) is 30.8 Å². The number of hydrogen-bond donors (Lipinski definition) is 0. The predicted molar refractivity (Wildman–Crippen MR) is 51.8 cm³/mol. The molecule has 1 aliphatic heterocycles. The molecule has 0 bridgehead atoms. The molecule has 0 aliphatic carbocycles. The first kappa shape index (κ1) is 9.11. The molecule has 0 atom stereocenters. The largest absolute Gasteiger partial charge is 0.493 e. The van der Waals surface area contributed by atoms with Gasteiger partial charge in [-0.3, -0.25) is 0 Å². The Hall–Kier alpha value is -0.980. The molecule has 1 rings (SSSR count). The van der Waals surface area contributed by atoms with Crippen LogP contribution in [0.25, 0.3) is 0 Å². The van der Waals surface area contributed by atoms with Crippen LogP contribution in [-0.2, 0) is 4.74 Å². The van der Waals surface area contributed by atoms with Gasteiger partial charge in [-0.05, 0) is 37.8 Å². The van der Waals surface area contributed by atoms with E-state index in [2.05, 4.69) is 12.7 Å². The Bertz CT molecular complexity index is 233. The molecule has 0 saturated carbocycles. The Kier molecular flexibility index (Phi) is 3.15. The third-order valence-electron chi connectivity index (χ3n) is 1.88. The lowest BCUT2D eigenvalue weighted by Crippen LogP contribution is -2.06. The van der Waals surface area contributed by atoms with Gasteiger partial charge in [0.2, 0.25) is 0 Å². The minimum absolute atomic E-state index is 0.837. The smallest absolute Gasteiger partial charge is 0.124 e. The zero-order valence-electron chi connectivity index (χ0n) is 7.89. The van der Waals surface area contributed by atoms with Crippen LogP contribution in [0.4, 0.5) is 0 Å². The Labute approximate surface area is 74.4 Å². The van der Waals surface area contributed by atoms with Crippen LogP contribution in [0.1, 0.15) is 26.7 Å². The van der Waals surface area contributed by atoms with E-state index in [1.807, 2.05) is 19.9 Å². The Balaban J connectivity index is 2.90. The second-order valence-electron chi connectivity index (χ2n) is 3.09. The molecule has 0 aromatic heterocycles. The van der Waals surface area contributed by atoms with Crippen molar-refractivity contribution in [2.75, 3.05) is 6.61 Å². The van der Waals surface area contributed by atoms with Gasteiger partial charge in [-0.15, -0.1) is 0 Å². The van der Waals surface area contributed by atoms with Gasteiger partial charge in [0.1, 0.15) is 5.76 Å². The zero-order chi connectivity index (χ0) is 8.97. The Morgan fingerprint density at radius 1 is 1.58 bits per heavy atom. The van der Waals surface area contributed by atoms with Crippen LogP contribution in [0.5, 0.6) is 0 Å². The van der Waals surface area contributed by atoms with Crippen LogP contribution in [0.3, 0.4) is 0 Å². The molecule has 0 unspecified atom stereocenters. The first-order chi connectivity index (χ1) is 5.75. The lowest BCUT2D eigenvalue weighted by Gasteiger charge is -2.19. The van der Waals surface area contributed by atoms with E-state index in [-0.39, 0.29) is 0 Å². The number of allylic oxidation sites excluding steroid dienone is 4. The molecule has 12 heavy (non-hydrogen) atoms. The molecule has 0 spiro atoms. The second-order valence-corrected chi connectivity index (χ2v) is 3.09. The number of ether oxygens (including phenoxy) is 1. The van der Waals surface area contributed by atoms with Gasteiger partial charge < -0.3 is 4.74 Å². The van der Waals surface area contributed by atoms with E-state index in [1.54, 1.807) is 0 Å². The van der Waals surface area contributed by atoms with Crippen LogP contribution in [-0.4, -0.2) is 6.61 Å². The van der Waals surface area contributed by atoms with Crippen LogP contribution in [0, 0.1) is 0 Å². The van der Waals surface area contributed by atoms with Gasteiger partial charge in [0.15, 0.2) is 0 Å². The third-order valence-corrected chi connectivity index (χ3v) is 1.88. The zero-order valence-corrected chi connectivity index (χ0v) is 7.89. The van der Waals surface area contributed by atoms with Crippen molar-refractivity contribution in [1.82, 2.24) is 0 Å². The van der Waals surface area contributed by atoms with Crippen molar-refractivity contribution in [1.29, 1.82) is 0 Å². The molecule has 66 valence electrons. The monoisotopic (exact) mass is 164 g/mol. The summed E-state index contributed by atoms with van der Waals surface area (Å²) in [6, 6.07) is 0. The molecular weight excluding hydrogens is 148 g/mol. The summed E-state index contributed by atoms with van der Waals surface area (Å²) < 4.78 is 5.53. The molecule has 0 N–H and O–H groups in total. The molecule has 0 fully saturated rings. The molecule has 1 aliphatic rings. The Morgan fingerprint density at radius 3 is 2.92 bits per heavy atom. The lowest BCUT2D eigenvalue weighted by atomic mass is 10.0. The number of rotatable bonds is 2. The van der Waals surface area contributed by atoms with Crippen LogP contribution in [0.2, 0.25) is 0 Å². The van der Waals surface area contributed by atoms with E-state index >= 15 is 0 Å². The van der Waals surface area contributed by atoms with E-state index in [0.29, 0.717) is 0 Å². The highest BCUT2D eigenvalue weighted by Crippen LogP contribution is 2.24.